The Hall–Kier alpha value is -6.84. The maximum absolute atomic E-state index is 2.46. The maximum Gasteiger partial charge on any atom is 0.0562 e. The van der Waals surface area contributed by atoms with Crippen LogP contribution in [0.25, 0.3) is 93.6 Å². The number of aromatic nitrogens is 3. The lowest BCUT2D eigenvalue weighted by Gasteiger charge is -2.11. The molecule has 3 heterocycles. The van der Waals surface area contributed by atoms with Crippen LogP contribution in [0.5, 0.6) is 0 Å². The first kappa shape index (κ1) is 28.0. The Labute approximate surface area is 294 Å². The van der Waals surface area contributed by atoms with E-state index in [0.29, 0.717) is 0 Å². The fraction of sp³-hybridized carbons (Fsp3) is 0. The second-order valence-electron chi connectivity index (χ2n) is 13.4. The molecule has 0 aliphatic carbocycles. The molecule has 0 spiro atoms. The lowest BCUT2D eigenvalue weighted by atomic mass is 10.00. The van der Waals surface area contributed by atoms with Crippen LogP contribution in [0.1, 0.15) is 0 Å². The van der Waals surface area contributed by atoms with Gasteiger partial charge in [-0.05, 0) is 90.0 Å². The molecule has 8 aromatic carbocycles. The number of rotatable bonds is 4. The Balaban J connectivity index is 1.21. The summed E-state index contributed by atoms with van der Waals surface area (Å²) in [5.41, 5.74) is 13.1. The third-order valence-corrected chi connectivity index (χ3v) is 10.6. The first-order valence-corrected chi connectivity index (χ1v) is 17.5. The molecule has 238 valence electrons. The Morgan fingerprint density at radius 2 is 0.667 bits per heavy atom. The average Bonchev–Trinajstić information content (AvgIpc) is 3.84. The van der Waals surface area contributed by atoms with Gasteiger partial charge < -0.3 is 13.7 Å². The van der Waals surface area contributed by atoms with Crippen molar-refractivity contribution in [2.45, 2.75) is 0 Å². The maximum atomic E-state index is 2.46. The van der Waals surface area contributed by atoms with Crippen molar-refractivity contribution < 1.29 is 0 Å². The second-order valence-corrected chi connectivity index (χ2v) is 13.4. The first-order chi connectivity index (χ1) is 25.3. The van der Waals surface area contributed by atoms with Gasteiger partial charge in [-0.2, -0.15) is 0 Å². The summed E-state index contributed by atoms with van der Waals surface area (Å²) >= 11 is 0. The summed E-state index contributed by atoms with van der Waals surface area (Å²) in [5, 5.41) is 7.52. The van der Waals surface area contributed by atoms with Gasteiger partial charge in [0.25, 0.3) is 0 Å². The molecule has 0 aliphatic heterocycles. The van der Waals surface area contributed by atoms with E-state index in [0.717, 1.165) is 5.69 Å². The number of fused-ring (bicyclic) bond motifs is 9. The van der Waals surface area contributed by atoms with E-state index in [2.05, 4.69) is 202 Å². The largest absolute Gasteiger partial charge is 0.309 e. The molecule has 0 N–H and O–H groups in total. The summed E-state index contributed by atoms with van der Waals surface area (Å²) in [5.74, 6) is 0. The topological polar surface area (TPSA) is 14.8 Å². The molecule has 3 nitrogen and oxygen atoms in total. The number of hydrogen-bond donors (Lipinski definition) is 0. The third kappa shape index (κ3) is 4.06. The zero-order chi connectivity index (χ0) is 33.5. The highest BCUT2D eigenvalue weighted by Crippen LogP contribution is 2.42. The van der Waals surface area contributed by atoms with Crippen molar-refractivity contribution in [2.75, 3.05) is 0 Å². The fourth-order valence-corrected chi connectivity index (χ4v) is 8.46. The summed E-state index contributed by atoms with van der Waals surface area (Å²) in [4.78, 5) is 0. The molecule has 0 amide bonds. The van der Waals surface area contributed by atoms with Crippen LogP contribution in [-0.2, 0) is 0 Å². The van der Waals surface area contributed by atoms with Crippen LogP contribution in [0.3, 0.4) is 0 Å². The van der Waals surface area contributed by atoms with E-state index >= 15 is 0 Å². The molecule has 11 aromatic rings. The van der Waals surface area contributed by atoms with Crippen molar-refractivity contribution in [3.05, 3.63) is 188 Å². The van der Waals surface area contributed by atoms with E-state index in [1.807, 2.05) is 0 Å². The van der Waals surface area contributed by atoms with Crippen molar-refractivity contribution in [2.24, 2.45) is 0 Å². The van der Waals surface area contributed by atoms with E-state index in [9.17, 15) is 0 Å². The Morgan fingerprint density at radius 3 is 1.25 bits per heavy atom. The van der Waals surface area contributed by atoms with Crippen LogP contribution in [0.4, 0.5) is 0 Å². The molecule has 0 radical (unpaired) electrons. The highest BCUT2D eigenvalue weighted by atomic mass is 15.0. The number of para-hydroxylation sites is 5. The van der Waals surface area contributed by atoms with Crippen molar-refractivity contribution in [1.29, 1.82) is 0 Å². The van der Waals surface area contributed by atoms with Gasteiger partial charge in [0.1, 0.15) is 0 Å². The van der Waals surface area contributed by atoms with E-state index in [-0.39, 0.29) is 0 Å². The smallest absolute Gasteiger partial charge is 0.0562 e. The molecule has 0 saturated heterocycles. The Bertz CT molecular complexity index is 3070. The minimum atomic E-state index is 1.15. The summed E-state index contributed by atoms with van der Waals surface area (Å²) < 4.78 is 7.25. The van der Waals surface area contributed by atoms with Crippen LogP contribution in [0.2, 0.25) is 0 Å². The average molecular weight is 650 g/mol. The molecule has 51 heavy (non-hydrogen) atoms. The van der Waals surface area contributed by atoms with Crippen LogP contribution < -0.4 is 0 Å². The molecular formula is C48H31N3. The van der Waals surface area contributed by atoms with Crippen molar-refractivity contribution >= 4 is 65.4 Å². The van der Waals surface area contributed by atoms with E-state index < -0.39 is 0 Å². The van der Waals surface area contributed by atoms with Gasteiger partial charge in [0.05, 0.1) is 38.8 Å². The molecule has 0 saturated carbocycles. The molecule has 11 rings (SSSR count). The standard InChI is InChI=1S/C48H31N3/c1-3-14-34(15-4-1)49-41-21-10-9-20-38(41)39-30-32(26-28-44(39)49)33-27-29-45-40(31-33)48-46(50(45)35-16-5-2-6-17-35)24-13-25-47(48)51-42-22-11-7-18-36(42)37-19-8-12-23-43(37)51/h1-31H. The summed E-state index contributed by atoms with van der Waals surface area (Å²) in [6.45, 7) is 0. The molecule has 0 bridgehead atoms. The predicted molar refractivity (Wildman–Crippen MR) is 215 cm³/mol. The van der Waals surface area contributed by atoms with Gasteiger partial charge in [-0.15, -0.1) is 0 Å². The van der Waals surface area contributed by atoms with E-state index in [1.165, 1.54) is 87.9 Å². The van der Waals surface area contributed by atoms with Gasteiger partial charge in [-0.1, -0.05) is 109 Å². The van der Waals surface area contributed by atoms with Gasteiger partial charge in [-0.3, -0.25) is 0 Å². The first-order valence-electron chi connectivity index (χ1n) is 17.5. The van der Waals surface area contributed by atoms with Crippen molar-refractivity contribution in [3.8, 4) is 28.2 Å². The van der Waals surface area contributed by atoms with Crippen LogP contribution in [0, 0.1) is 0 Å². The third-order valence-electron chi connectivity index (χ3n) is 10.6. The molecule has 0 fully saturated rings. The SMILES string of the molecule is c1ccc(-n2c3ccccc3c3cc(-c4ccc5c(c4)c4c(-n6c7ccccc7c7ccccc76)cccc4n5-c4ccccc4)ccc32)cc1. The number of nitrogens with zero attached hydrogens (tertiary/aromatic N) is 3. The quantitative estimate of drug-likeness (QED) is 0.180. The molecule has 3 aromatic heterocycles. The number of benzene rings is 8. The Morgan fingerprint density at radius 1 is 0.255 bits per heavy atom. The van der Waals surface area contributed by atoms with Gasteiger partial charge in [0, 0.05) is 43.7 Å². The molecule has 3 heteroatoms. The second kappa shape index (κ2) is 10.8. The van der Waals surface area contributed by atoms with Crippen molar-refractivity contribution in [1.82, 2.24) is 13.7 Å². The monoisotopic (exact) mass is 649 g/mol. The zero-order valence-corrected chi connectivity index (χ0v) is 27.7. The van der Waals surface area contributed by atoms with Crippen LogP contribution >= 0.6 is 0 Å². The Kier molecular flexibility index (Phi) is 5.96. The number of hydrogen-bond acceptors (Lipinski definition) is 0. The highest BCUT2D eigenvalue weighted by molar-refractivity contribution is 6.17. The van der Waals surface area contributed by atoms with Gasteiger partial charge in [0.2, 0.25) is 0 Å². The van der Waals surface area contributed by atoms with Crippen LogP contribution in [-0.4, -0.2) is 13.7 Å². The lowest BCUT2D eigenvalue weighted by molar-refractivity contribution is 1.17. The van der Waals surface area contributed by atoms with Crippen molar-refractivity contribution in [3.63, 3.8) is 0 Å². The molecule has 0 unspecified atom stereocenters. The molecular weight excluding hydrogens is 619 g/mol. The van der Waals surface area contributed by atoms with E-state index in [1.54, 1.807) is 0 Å². The predicted octanol–water partition coefficient (Wildman–Crippen LogP) is 12.6. The molecule has 0 atom stereocenters. The van der Waals surface area contributed by atoms with Gasteiger partial charge in [-0.25, -0.2) is 0 Å². The summed E-state index contributed by atoms with van der Waals surface area (Å²) in [7, 11) is 0. The lowest BCUT2D eigenvalue weighted by Crippen LogP contribution is -1.96. The van der Waals surface area contributed by atoms with Crippen LogP contribution in [0.15, 0.2) is 188 Å². The minimum Gasteiger partial charge on any atom is -0.309 e. The van der Waals surface area contributed by atoms with E-state index in [4.69, 9.17) is 0 Å². The summed E-state index contributed by atoms with van der Waals surface area (Å²) in [6.07, 6.45) is 0. The normalized spacial score (nSPS) is 11.9. The molecule has 0 aliphatic rings. The summed E-state index contributed by atoms with van der Waals surface area (Å²) in [6, 6.07) is 68.4. The van der Waals surface area contributed by atoms with Gasteiger partial charge >= 0.3 is 0 Å². The highest BCUT2D eigenvalue weighted by Gasteiger charge is 2.20. The van der Waals surface area contributed by atoms with Gasteiger partial charge in [0.15, 0.2) is 0 Å². The zero-order valence-electron chi connectivity index (χ0n) is 27.7. The fourth-order valence-electron chi connectivity index (χ4n) is 8.46. The minimum absolute atomic E-state index is 1.15.